The molecule has 3 amide bonds. The standard InChI is InChI=1S/C18H10Cl2F8N2O2/c19-8-5-12(9(20)4-7(8)17(24,25)6-13(23)18(26,27)28)29-16(32)30-15(31)14-10(21)2-1-3-11(14)22/h1-5,13H,6H2,(H2,29,30,31,32)/t13-/m1/s1. The summed E-state index contributed by atoms with van der Waals surface area (Å²) < 4.78 is 105. The lowest BCUT2D eigenvalue weighted by Crippen LogP contribution is -2.35. The Balaban J connectivity index is 2.19. The maximum atomic E-state index is 14.1. The van der Waals surface area contributed by atoms with Crippen LogP contribution in [0.4, 0.5) is 45.6 Å². The van der Waals surface area contributed by atoms with Crippen molar-refractivity contribution in [2.75, 3.05) is 5.32 Å². The molecule has 0 aromatic heterocycles. The van der Waals surface area contributed by atoms with Gasteiger partial charge in [-0.2, -0.15) is 13.2 Å². The summed E-state index contributed by atoms with van der Waals surface area (Å²) in [5.41, 5.74) is -2.80. The first-order chi connectivity index (χ1) is 14.6. The van der Waals surface area contributed by atoms with Crippen molar-refractivity contribution in [3.05, 3.63) is 63.1 Å². The zero-order valence-electron chi connectivity index (χ0n) is 15.3. The van der Waals surface area contributed by atoms with Gasteiger partial charge in [-0.15, -0.1) is 0 Å². The number of carbonyl (C=O) groups is 2. The van der Waals surface area contributed by atoms with Crippen LogP contribution >= 0.6 is 23.2 Å². The Bertz CT molecular complexity index is 1030. The van der Waals surface area contributed by atoms with Gasteiger partial charge in [0.05, 0.1) is 22.2 Å². The smallest absolute Gasteiger partial charge is 0.306 e. The molecule has 0 heterocycles. The first-order valence-corrected chi connectivity index (χ1v) is 9.03. The van der Waals surface area contributed by atoms with E-state index in [9.17, 15) is 44.7 Å². The highest BCUT2D eigenvalue weighted by atomic mass is 35.5. The van der Waals surface area contributed by atoms with Crippen molar-refractivity contribution in [2.24, 2.45) is 0 Å². The molecule has 0 unspecified atom stereocenters. The summed E-state index contributed by atoms with van der Waals surface area (Å²) in [7, 11) is 0. The Hall–Kier alpha value is -2.60. The molecule has 32 heavy (non-hydrogen) atoms. The average molecular weight is 509 g/mol. The molecule has 0 fully saturated rings. The van der Waals surface area contributed by atoms with E-state index in [1.54, 1.807) is 5.32 Å². The number of anilines is 1. The van der Waals surface area contributed by atoms with Crippen LogP contribution in [0.15, 0.2) is 30.3 Å². The zero-order valence-corrected chi connectivity index (χ0v) is 16.8. The topological polar surface area (TPSA) is 58.2 Å². The van der Waals surface area contributed by atoms with Gasteiger partial charge in [-0.25, -0.2) is 26.7 Å². The van der Waals surface area contributed by atoms with Gasteiger partial charge in [0, 0.05) is 5.56 Å². The van der Waals surface area contributed by atoms with E-state index in [1.165, 1.54) is 0 Å². The molecular weight excluding hydrogens is 499 g/mol. The van der Waals surface area contributed by atoms with Gasteiger partial charge in [-0.1, -0.05) is 29.3 Å². The predicted molar refractivity (Wildman–Crippen MR) is 98.8 cm³/mol. The molecule has 0 aliphatic carbocycles. The number of imide groups is 1. The van der Waals surface area contributed by atoms with Crippen LogP contribution in [-0.4, -0.2) is 24.3 Å². The van der Waals surface area contributed by atoms with E-state index in [4.69, 9.17) is 23.2 Å². The van der Waals surface area contributed by atoms with Crippen molar-refractivity contribution in [1.82, 2.24) is 5.32 Å². The summed E-state index contributed by atoms with van der Waals surface area (Å²) in [5, 5.41) is 1.93. The van der Waals surface area contributed by atoms with E-state index in [0.717, 1.165) is 18.2 Å². The minimum atomic E-state index is -5.52. The minimum absolute atomic E-state index is 0.404. The van der Waals surface area contributed by atoms with E-state index in [2.05, 4.69) is 0 Å². The number of hydrogen-bond acceptors (Lipinski definition) is 2. The van der Waals surface area contributed by atoms with Crippen molar-refractivity contribution >= 4 is 40.8 Å². The van der Waals surface area contributed by atoms with Crippen LogP contribution in [0.5, 0.6) is 0 Å². The first kappa shape index (κ1) is 25.7. The molecule has 2 rings (SSSR count). The molecule has 14 heteroatoms. The number of urea groups is 1. The number of amides is 3. The Morgan fingerprint density at radius 3 is 2.06 bits per heavy atom. The highest BCUT2D eigenvalue weighted by Crippen LogP contribution is 2.43. The number of halogens is 10. The number of carbonyl (C=O) groups excluding carboxylic acids is 2. The largest absolute Gasteiger partial charge is 0.419 e. The van der Waals surface area contributed by atoms with Crippen LogP contribution in [0.1, 0.15) is 22.3 Å². The van der Waals surface area contributed by atoms with Gasteiger partial charge in [-0.3, -0.25) is 10.1 Å². The summed E-state index contributed by atoms with van der Waals surface area (Å²) in [6, 6.07) is 2.11. The Kier molecular flexibility index (Phi) is 7.61. The molecule has 0 radical (unpaired) electrons. The van der Waals surface area contributed by atoms with E-state index in [1.807, 2.05) is 5.32 Å². The van der Waals surface area contributed by atoms with Crippen LogP contribution in [0.3, 0.4) is 0 Å². The monoisotopic (exact) mass is 508 g/mol. The average Bonchev–Trinajstić information content (AvgIpc) is 2.62. The van der Waals surface area contributed by atoms with Crippen LogP contribution in [-0.2, 0) is 5.92 Å². The molecule has 0 saturated carbocycles. The van der Waals surface area contributed by atoms with Crippen molar-refractivity contribution in [2.45, 2.75) is 24.7 Å². The number of nitrogens with one attached hydrogen (secondary N) is 2. The maximum absolute atomic E-state index is 14.1. The molecule has 174 valence electrons. The van der Waals surface area contributed by atoms with Crippen LogP contribution in [0.2, 0.25) is 10.0 Å². The summed E-state index contributed by atoms with van der Waals surface area (Å²) >= 11 is 11.4. The van der Waals surface area contributed by atoms with Gasteiger partial charge in [0.15, 0.2) is 0 Å². The van der Waals surface area contributed by atoms with Gasteiger partial charge in [-0.05, 0) is 24.3 Å². The van der Waals surface area contributed by atoms with Crippen molar-refractivity contribution in [3.63, 3.8) is 0 Å². The molecule has 4 nitrogen and oxygen atoms in total. The molecule has 0 saturated heterocycles. The fourth-order valence-electron chi connectivity index (χ4n) is 2.41. The number of alkyl halides is 6. The molecule has 1 atom stereocenters. The quantitative estimate of drug-likeness (QED) is 0.446. The van der Waals surface area contributed by atoms with E-state index >= 15 is 0 Å². The fourth-order valence-corrected chi connectivity index (χ4v) is 2.92. The van der Waals surface area contributed by atoms with Crippen LogP contribution in [0, 0.1) is 11.6 Å². The lowest BCUT2D eigenvalue weighted by molar-refractivity contribution is -0.200. The molecule has 2 N–H and O–H groups in total. The summed E-state index contributed by atoms with van der Waals surface area (Å²) in [5.74, 6) is -8.40. The second-order valence-electron chi connectivity index (χ2n) is 6.23. The second kappa shape index (κ2) is 9.49. The van der Waals surface area contributed by atoms with Crippen LogP contribution in [0.25, 0.3) is 0 Å². The Morgan fingerprint density at radius 2 is 1.53 bits per heavy atom. The SMILES string of the molecule is O=C(NC(=O)c1c(F)cccc1F)Nc1cc(Cl)c(C(F)(F)C[C@@H](F)C(F)(F)F)cc1Cl. The Morgan fingerprint density at radius 1 is 0.969 bits per heavy atom. The van der Waals surface area contributed by atoms with Crippen molar-refractivity contribution in [1.29, 1.82) is 0 Å². The van der Waals surface area contributed by atoms with Crippen LogP contribution < -0.4 is 10.6 Å². The van der Waals surface area contributed by atoms with E-state index < -0.39 is 75.1 Å². The van der Waals surface area contributed by atoms with E-state index in [0.29, 0.717) is 12.1 Å². The third-order valence-electron chi connectivity index (χ3n) is 3.91. The molecule has 0 aliphatic heterocycles. The van der Waals surface area contributed by atoms with Crippen molar-refractivity contribution in [3.8, 4) is 0 Å². The van der Waals surface area contributed by atoms with Gasteiger partial charge < -0.3 is 5.32 Å². The maximum Gasteiger partial charge on any atom is 0.419 e. The predicted octanol–water partition coefficient (Wildman–Crippen LogP) is 6.62. The molecule has 0 bridgehead atoms. The summed E-state index contributed by atoms with van der Waals surface area (Å²) in [4.78, 5) is 23.8. The number of benzene rings is 2. The molecular formula is C18H10Cl2F8N2O2. The lowest BCUT2D eigenvalue weighted by Gasteiger charge is -2.22. The summed E-state index contributed by atoms with van der Waals surface area (Å²) in [6.45, 7) is 0. The van der Waals surface area contributed by atoms with E-state index in [-0.39, 0.29) is 0 Å². The highest BCUT2D eigenvalue weighted by Gasteiger charge is 2.48. The van der Waals surface area contributed by atoms with Gasteiger partial charge in [0.1, 0.15) is 17.2 Å². The first-order valence-electron chi connectivity index (χ1n) is 8.28. The highest BCUT2D eigenvalue weighted by molar-refractivity contribution is 6.36. The number of rotatable bonds is 5. The normalized spacial score (nSPS) is 12.9. The second-order valence-corrected chi connectivity index (χ2v) is 7.05. The van der Waals surface area contributed by atoms with Gasteiger partial charge in [0.25, 0.3) is 11.8 Å². The third kappa shape index (κ3) is 6.00. The Labute approximate surface area is 184 Å². The van der Waals surface area contributed by atoms with Gasteiger partial charge in [0.2, 0.25) is 6.17 Å². The fraction of sp³-hybridized carbons (Fsp3) is 0.222. The minimum Gasteiger partial charge on any atom is -0.306 e. The molecule has 0 aliphatic rings. The molecule has 2 aromatic rings. The molecule has 2 aromatic carbocycles. The third-order valence-corrected chi connectivity index (χ3v) is 4.53. The lowest BCUT2D eigenvalue weighted by atomic mass is 10.0. The molecule has 0 spiro atoms. The van der Waals surface area contributed by atoms with Gasteiger partial charge >= 0.3 is 12.2 Å². The number of hydrogen-bond donors (Lipinski definition) is 2. The zero-order chi connectivity index (χ0) is 24.4. The summed E-state index contributed by atoms with van der Waals surface area (Å²) in [6.07, 6.45) is -11.6. The van der Waals surface area contributed by atoms with Crippen molar-refractivity contribution < 1.29 is 44.7 Å².